The molecule has 1 nitrogen and oxygen atoms in total. The Balaban J connectivity index is 1.27. The number of thiophene rings is 1. The van der Waals surface area contributed by atoms with E-state index in [1.807, 2.05) is 11.3 Å². The highest BCUT2D eigenvalue weighted by Crippen LogP contribution is 2.44. The molecule has 0 saturated heterocycles. The molecular weight excluding hydrogens is 575 g/mol. The fraction of sp³-hybridized carbons (Fsp3) is 0. The molecular formula is C44H27NS. The number of benzene rings is 8. The highest BCUT2D eigenvalue weighted by Gasteiger charge is 2.20. The van der Waals surface area contributed by atoms with Crippen LogP contribution in [0.1, 0.15) is 0 Å². The van der Waals surface area contributed by atoms with Crippen LogP contribution in [0, 0.1) is 0 Å². The van der Waals surface area contributed by atoms with Crippen molar-refractivity contribution in [1.29, 1.82) is 0 Å². The zero-order chi connectivity index (χ0) is 30.2. The number of hydrogen-bond acceptors (Lipinski definition) is 1. The molecule has 2 heterocycles. The summed E-state index contributed by atoms with van der Waals surface area (Å²) < 4.78 is 5.15. The normalized spacial score (nSPS) is 11.9. The summed E-state index contributed by atoms with van der Waals surface area (Å²) in [4.78, 5) is 0. The lowest BCUT2D eigenvalue weighted by Crippen LogP contribution is -1.94. The van der Waals surface area contributed by atoms with Crippen LogP contribution in [0.25, 0.3) is 91.5 Å². The molecule has 0 N–H and O–H groups in total. The molecule has 0 atom stereocenters. The van der Waals surface area contributed by atoms with Crippen molar-refractivity contribution in [2.75, 3.05) is 0 Å². The van der Waals surface area contributed by atoms with E-state index in [9.17, 15) is 0 Å². The fourth-order valence-corrected chi connectivity index (χ4v) is 8.78. The Labute approximate surface area is 270 Å². The predicted octanol–water partition coefficient (Wildman–Crippen LogP) is 12.8. The van der Waals surface area contributed by atoms with Gasteiger partial charge in [0, 0.05) is 36.6 Å². The third-order valence-corrected chi connectivity index (χ3v) is 10.8. The Hall–Kier alpha value is -5.70. The van der Waals surface area contributed by atoms with Crippen LogP contribution < -0.4 is 0 Å². The van der Waals surface area contributed by atoms with Crippen LogP contribution in [-0.2, 0) is 0 Å². The summed E-state index contributed by atoms with van der Waals surface area (Å²) in [5.41, 5.74) is 8.63. The monoisotopic (exact) mass is 601 g/mol. The van der Waals surface area contributed by atoms with Crippen LogP contribution in [0.2, 0.25) is 0 Å². The Morgan fingerprint density at radius 1 is 0.391 bits per heavy atom. The summed E-state index contributed by atoms with van der Waals surface area (Å²) >= 11 is 1.89. The highest BCUT2D eigenvalue weighted by atomic mass is 32.1. The minimum atomic E-state index is 1.16. The molecule has 0 bridgehead atoms. The van der Waals surface area contributed by atoms with Gasteiger partial charge in [-0.1, -0.05) is 133 Å². The van der Waals surface area contributed by atoms with Gasteiger partial charge in [0.25, 0.3) is 0 Å². The van der Waals surface area contributed by atoms with E-state index in [1.54, 1.807) is 0 Å². The van der Waals surface area contributed by atoms with Gasteiger partial charge in [0.15, 0.2) is 0 Å². The quantitative estimate of drug-likeness (QED) is 0.190. The molecule has 2 heteroatoms. The Morgan fingerprint density at radius 3 is 1.89 bits per heavy atom. The van der Waals surface area contributed by atoms with Crippen LogP contribution in [0.5, 0.6) is 0 Å². The van der Waals surface area contributed by atoms with Gasteiger partial charge in [-0.15, -0.1) is 11.3 Å². The number of fused-ring (bicyclic) bond motifs is 10. The largest absolute Gasteiger partial charge is 0.309 e. The van der Waals surface area contributed by atoms with E-state index >= 15 is 0 Å². The summed E-state index contributed by atoms with van der Waals surface area (Å²) in [6, 6.07) is 60.1. The lowest BCUT2D eigenvalue weighted by Gasteiger charge is -2.13. The number of rotatable bonds is 3. The smallest absolute Gasteiger partial charge is 0.0553 e. The van der Waals surface area contributed by atoms with Crippen molar-refractivity contribution in [3.63, 3.8) is 0 Å². The summed E-state index contributed by atoms with van der Waals surface area (Å²) in [6.45, 7) is 0. The molecule has 0 radical (unpaired) electrons. The Morgan fingerprint density at radius 2 is 1.04 bits per heavy atom. The number of nitrogens with zero attached hydrogens (tertiary/aromatic N) is 1. The van der Waals surface area contributed by atoms with Gasteiger partial charge in [-0.05, 0) is 74.1 Å². The zero-order valence-corrected chi connectivity index (χ0v) is 25.8. The van der Waals surface area contributed by atoms with Gasteiger partial charge in [-0.2, -0.15) is 0 Å². The molecule has 0 unspecified atom stereocenters. The SMILES string of the molecule is c1ccc(-c2cc3c(c4ccccc24)c2c4ccccc4ccc2n3-c2ccc(-c3cccc4c3sc3ccccc34)cc2)cc1. The minimum Gasteiger partial charge on any atom is -0.309 e. The van der Waals surface area contributed by atoms with Gasteiger partial charge in [0.05, 0.1) is 11.0 Å². The van der Waals surface area contributed by atoms with Crippen molar-refractivity contribution in [1.82, 2.24) is 4.57 Å². The molecule has 8 aromatic carbocycles. The Kier molecular flexibility index (Phi) is 5.51. The van der Waals surface area contributed by atoms with Gasteiger partial charge in [0.2, 0.25) is 0 Å². The third-order valence-electron chi connectivity index (χ3n) is 9.59. The summed E-state index contributed by atoms with van der Waals surface area (Å²) in [6.07, 6.45) is 0. The maximum absolute atomic E-state index is 2.47. The second-order valence-electron chi connectivity index (χ2n) is 12.1. The summed E-state index contributed by atoms with van der Waals surface area (Å²) in [7, 11) is 0. The van der Waals surface area contributed by atoms with E-state index in [-0.39, 0.29) is 0 Å². The lowest BCUT2D eigenvalue weighted by atomic mass is 9.94. The first kappa shape index (κ1) is 25.6. The summed E-state index contributed by atoms with van der Waals surface area (Å²) in [5.74, 6) is 0. The van der Waals surface area contributed by atoms with E-state index in [4.69, 9.17) is 0 Å². The lowest BCUT2D eigenvalue weighted by molar-refractivity contribution is 1.18. The van der Waals surface area contributed by atoms with Gasteiger partial charge < -0.3 is 4.57 Å². The number of aromatic nitrogens is 1. The van der Waals surface area contributed by atoms with Crippen LogP contribution in [0.3, 0.4) is 0 Å². The average Bonchev–Trinajstić information content (AvgIpc) is 3.68. The first-order chi connectivity index (χ1) is 22.8. The maximum atomic E-state index is 2.47. The molecule has 0 spiro atoms. The maximum Gasteiger partial charge on any atom is 0.0553 e. The summed E-state index contributed by atoms with van der Waals surface area (Å²) in [5, 5.41) is 10.4. The molecule has 0 saturated carbocycles. The molecule has 214 valence electrons. The van der Waals surface area contributed by atoms with Crippen LogP contribution in [0.15, 0.2) is 164 Å². The van der Waals surface area contributed by atoms with Crippen molar-refractivity contribution >= 4 is 74.9 Å². The molecule has 0 amide bonds. The Bertz CT molecular complexity index is 2780. The van der Waals surface area contributed by atoms with Gasteiger partial charge in [-0.25, -0.2) is 0 Å². The first-order valence-corrected chi connectivity index (χ1v) is 16.6. The molecule has 0 aliphatic heterocycles. The van der Waals surface area contributed by atoms with Gasteiger partial charge >= 0.3 is 0 Å². The van der Waals surface area contributed by atoms with Crippen LogP contribution >= 0.6 is 11.3 Å². The van der Waals surface area contributed by atoms with Crippen molar-refractivity contribution in [3.8, 4) is 27.9 Å². The van der Waals surface area contributed by atoms with Gasteiger partial charge in [-0.3, -0.25) is 0 Å². The molecule has 0 aliphatic carbocycles. The van der Waals surface area contributed by atoms with Crippen LogP contribution in [0.4, 0.5) is 0 Å². The van der Waals surface area contributed by atoms with E-state index in [2.05, 4.69) is 168 Å². The van der Waals surface area contributed by atoms with Crippen LogP contribution in [-0.4, -0.2) is 4.57 Å². The van der Waals surface area contributed by atoms with Crippen molar-refractivity contribution in [2.45, 2.75) is 0 Å². The standard InChI is InChI=1S/C44H27NS/c1-2-11-28(12-3-1)38-27-40-43(36-17-7-6-15-34(36)38)42-32-14-5-4-13-29(32)23-26-39(42)45(40)31-24-21-30(22-25-31)33-18-10-19-37-35-16-8-9-20-41(35)46-44(33)37/h1-27H. The van der Waals surface area contributed by atoms with Gasteiger partial charge in [0.1, 0.15) is 0 Å². The highest BCUT2D eigenvalue weighted by molar-refractivity contribution is 7.26. The molecule has 0 aliphatic rings. The van der Waals surface area contributed by atoms with E-state index in [0.29, 0.717) is 0 Å². The predicted molar refractivity (Wildman–Crippen MR) is 200 cm³/mol. The topological polar surface area (TPSA) is 4.93 Å². The molecule has 46 heavy (non-hydrogen) atoms. The molecule has 10 rings (SSSR count). The van der Waals surface area contributed by atoms with Crippen molar-refractivity contribution in [3.05, 3.63) is 164 Å². The van der Waals surface area contributed by atoms with E-state index in [1.165, 1.54) is 85.8 Å². The van der Waals surface area contributed by atoms with E-state index in [0.717, 1.165) is 5.69 Å². The fourth-order valence-electron chi connectivity index (χ4n) is 7.54. The molecule has 0 fully saturated rings. The zero-order valence-electron chi connectivity index (χ0n) is 24.9. The second-order valence-corrected chi connectivity index (χ2v) is 13.1. The van der Waals surface area contributed by atoms with Crippen molar-refractivity contribution in [2.24, 2.45) is 0 Å². The van der Waals surface area contributed by atoms with E-state index < -0.39 is 0 Å². The van der Waals surface area contributed by atoms with Crippen molar-refractivity contribution < 1.29 is 0 Å². The average molecular weight is 602 g/mol. The molecule has 2 aromatic heterocycles. The third kappa shape index (κ3) is 3.68. The number of hydrogen-bond donors (Lipinski definition) is 0. The first-order valence-electron chi connectivity index (χ1n) is 15.8. The molecule has 10 aromatic rings. The minimum absolute atomic E-state index is 1.16. The second kappa shape index (κ2) is 9.90.